The number of aliphatic hydroxyl groups excluding tert-OH is 1. The topological polar surface area (TPSA) is 42.4 Å². The van der Waals surface area contributed by atoms with Crippen LogP contribution in [-0.2, 0) is 6.61 Å². The molecule has 3 nitrogen and oxygen atoms in total. The molecule has 1 N–H and O–H groups in total. The van der Waals surface area contributed by atoms with Crippen molar-refractivity contribution in [3.8, 4) is 11.6 Å². The zero-order valence-corrected chi connectivity index (χ0v) is 9.49. The maximum Gasteiger partial charge on any atom is 0.219 e. The van der Waals surface area contributed by atoms with Gasteiger partial charge in [-0.25, -0.2) is 9.37 Å². The Morgan fingerprint density at radius 2 is 2.12 bits per heavy atom. The van der Waals surface area contributed by atoms with E-state index in [1.807, 2.05) is 0 Å². The van der Waals surface area contributed by atoms with E-state index in [0.29, 0.717) is 17.2 Å². The van der Waals surface area contributed by atoms with Crippen molar-refractivity contribution in [1.82, 2.24) is 4.98 Å². The van der Waals surface area contributed by atoms with Crippen LogP contribution in [0, 0.1) is 5.82 Å². The number of aromatic nitrogens is 1. The Balaban J connectivity index is 2.19. The summed E-state index contributed by atoms with van der Waals surface area (Å²) in [7, 11) is 0. The molecule has 1 heterocycles. The third-order valence-corrected chi connectivity index (χ3v) is 2.38. The normalized spacial score (nSPS) is 10.3. The fourth-order valence-electron chi connectivity index (χ4n) is 1.24. The molecule has 0 spiro atoms. The number of pyridine rings is 1. The van der Waals surface area contributed by atoms with Crippen LogP contribution in [0.2, 0.25) is 5.02 Å². The number of hydrogen-bond donors (Lipinski definition) is 1. The van der Waals surface area contributed by atoms with Crippen molar-refractivity contribution in [2.45, 2.75) is 6.61 Å². The largest absolute Gasteiger partial charge is 0.437 e. The van der Waals surface area contributed by atoms with Gasteiger partial charge >= 0.3 is 0 Å². The maximum atomic E-state index is 12.8. The highest BCUT2D eigenvalue weighted by atomic mass is 35.5. The van der Waals surface area contributed by atoms with Gasteiger partial charge in [0.1, 0.15) is 11.6 Å². The van der Waals surface area contributed by atoms with Crippen LogP contribution in [0.15, 0.2) is 36.5 Å². The average Bonchev–Trinajstić information content (AvgIpc) is 2.34. The number of aliphatic hydroxyl groups is 1. The van der Waals surface area contributed by atoms with Crippen molar-refractivity contribution in [2.75, 3.05) is 0 Å². The molecule has 1 aromatic heterocycles. The molecule has 17 heavy (non-hydrogen) atoms. The van der Waals surface area contributed by atoms with Crippen LogP contribution in [0.5, 0.6) is 11.6 Å². The number of nitrogens with zero attached hydrogens (tertiary/aromatic N) is 1. The second-order valence-electron chi connectivity index (χ2n) is 3.34. The van der Waals surface area contributed by atoms with E-state index >= 15 is 0 Å². The van der Waals surface area contributed by atoms with Crippen LogP contribution in [0.3, 0.4) is 0 Å². The van der Waals surface area contributed by atoms with Gasteiger partial charge in [0.25, 0.3) is 0 Å². The first-order chi connectivity index (χ1) is 8.19. The van der Waals surface area contributed by atoms with Crippen LogP contribution in [0.4, 0.5) is 4.39 Å². The molecule has 0 saturated heterocycles. The van der Waals surface area contributed by atoms with Crippen molar-refractivity contribution in [1.29, 1.82) is 0 Å². The first-order valence-corrected chi connectivity index (χ1v) is 5.25. The molecule has 0 aliphatic heterocycles. The van der Waals surface area contributed by atoms with Gasteiger partial charge in [-0.3, -0.25) is 0 Å². The molecule has 0 atom stereocenters. The van der Waals surface area contributed by atoms with E-state index in [2.05, 4.69) is 4.98 Å². The Labute approximate surface area is 102 Å². The molecule has 0 bridgehead atoms. The van der Waals surface area contributed by atoms with Gasteiger partial charge in [-0.15, -0.1) is 0 Å². The van der Waals surface area contributed by atoms with Crippen LogP contribution >= 0.6 is 11.6 Å². The first-order valence-electron chi connectivity index (χ1n) is 4.88. The van der Waals surface area contributed by atoms with E-state index in [4.69, 9.17) is 21.4 Å². The number of benzene rings is 1. The predicted octanol–water partition coefficient (Wildman–Crippen LogP) is 3.16. The Hall–Kier alpha value is -1.65. The smallest absolute Gasteiger partial charge is 0.219 e. The lowest BCUT2D eigenvalue weighted by molar-refractivity contribution is 0.281. The van der Waals surface area contributed by atoms with Crippen molar-refractivity contribution in [3.63, 3.8) is 0 Å². The van der Waals surface area contributed by atoms with Gasteiger partial charge in [0.15, 0.2) is 0 Å². The summed E-state index contributed by atoms with van der Waals surface area (Å²) in [4.78, 5) is 3.97. The van der Waals surface area contributed by atoms with Crippen molar-refractivity contribution < 1.29 is 14.2 Å². The molecule has 0 unspecified atom stereocenters. The number of rotatable bonds is 3. The predicted molar refractivity (Wildman–Crippen MR) is 61.6 cm³/mol. The number of halogens is 2. The molecular weight excluding hydrogens is 245 g/mol. The third-order valence-electron chi connectivity index (χ3n) is 2.09. The fourth-order valence-corrected chi connectivity index (χ4v) is 1.44. The summed E-state index contributed by atoms with van der Waals surface area (Å²) in [5, 5.41) is 9.03. The summed E-state index contributed by atoms with van der Waals surface area (Å²) < 4.78 is 18.2. The third kappa shape index (κ3) is 2.93. The molecular formula is C12H9ClFNO2. The summed E-state index contributed by atoms with van der Waals surface area (Å²) in [6.07, 6.45) is 1.49. The average molecular weight is 254 g/mol. The minimum absolute atomic E-state index is 0.0788. The van der Waals surface area contributed by atoms with Crippen molar-refractivity contribution in [2.24, 2.45) is 0 Å². The van der Waals surface area contributed by atoms with Crippen LogP contribution in [0.25, 0.3) is 0 Å². The maximum absolute atomic E-state index is 12.8. The summed E-state index contributed by atoms with van der Waals surface area (Å²) in [5.41, 5.74) is 0.683. The standard InChI is InChI=1S/C12H9ClFNO2/c13-10-5-9(14)2-3-11(10)17-12-4-1-8(7-16)6-15-12/h1-6,16H,7H2. The number of hydrogen-bond acceptors (Lipinski definition) is 3. The van der Waals surface area contributed by atoms with Gasteiger partial charge in [-0.05, 0) is 29.8 Å². The summed E-state index contributed by atoms with van der Waals surface area (Å²) in [6.45, 7) is -0.0788. The fraction of sp³-hybridized carbons (Fsp3) is 0.0833. The summed E-state index contributed by atoms with van der Waals surface area (Å²) in [5.74, 6) is 0.235. The van der Waals surface area contributed by atoms with Gasteiger partial charge in [0.2, 0.25) is 5.88 Å². The highest BCUT2D eigenvalue weighted by Gasteiger charge is 2.05. The Bertz CT molecular complexity index is 516. The Kier molecular flexibility index (Phi) is 3.56. The van der Waals surface area contributed by atoms with E-state index in [1.54, 1.807) is 12.1 Å². The molecule has 5 heteroatoms. The van der Waals surface area contributed by atoms with E-state index in [9.17, 15) is 4.39 Å². The van der Waals surface area contributed by atoms with E-state index < -0.39 is 5.82 Å². The molecule has 0 aliphatic carbocycles. The number of ether oxygens (including phenoxy) is 1. The SMILES string of the molecule is OCc1ccc(Oc2ccc(F)cc2Cl)nc1. The minimum Gasteiger partial charge on any atom is -0.437 e. The van der Waals surface area contributed by atoms with E-state index in [-0.39, 0.29) is 11.6 Å². The molecule has 88 valence electrons. The highest BCUT2D eigenvalue weighted by molar-refractivity contribution is 6.32. The molecule has 2 aromatic rings. The van der Waals surface area contributed by atoms with E-state index in [1.165, 1.54) is 24.4 Å². The van der Waals surface area contributed by atoms with Gasteiger partial charge in [-0.1, -0.05) is 11.6 Å². The molecule has 0 radical (unpaired) electrons. The van der Waals surface area contributed by atoms with Crippen LogP contribution < -0.4 is 4.74 Å². The van der Waals surface area contributed by atoms with Gasteiger partial charge in [0.05, 0.1) is 11.6 Å². The minimum atomic E-state index is -0.425. The highest BCUT2D eigenvalue weighted by Crippen LogP contribution is 2.28. The molecule has 1 aromatic carbocycles. The van der Waals surface area contributed by atoms with Crippen molar-refractivity contribution >= 4 is 11.6 Å². The van der Waals surface area contributed by atoms with Crippen LogP contribution in [0.1, 0.15) is 5.56 Å². The lowest BCUT2D eigenvalue weighted by atomic mass is 10.3. The summed E-state index contributed by atoms with van der Waals surface area (Å²) >= 11 is 5.81. The summed E-state index contributed by atoms with van der Waals surface area (Å²) in [6, 6.07) is 7.13. The first kappa shape index (κ1) is 11.8. The lowest BCUT2D eigenvalue weighted by Gasteiger charge is -2.06. The molecule has 0 amide bonds. The van der Waals surface area contributed by atoms with Gasteiger partial charge in [-0.2, -0.15) is 0 Å². The molecule has 0 fully saturated rings. The second kappa shape index (κ2) is 5.12. The van der Waals surface area contributed by atoms with E-state index in [0.717, 1.165) is 0 Å². The van der Waals surface area contributed by atoms with Crippen molar-refractivity contribution in [3.05, 3.63) is 52.9 Å². The molecule has 0 aliphatic rings. The molecule has 0 saturated carbocycles. The van der Waals surface area contributed by atoms with Gasteiger partial charge in [0, 0.05) is 12.3 Å². The lowest BCUT2D eigenvalue weighted by Crippen LogP contribution is -1.91. The Morgan fingerprint density at radius 1 is 1.29 bits per heavy atom. The second-order valence-corrected chi connectivity index (χ2v) is 3.75. The molecule has 2 rings (SSSR count). The zero-order chi connectivity index (χ0) is 12.3. The van der Waals surface area contributed by atoms with Gasteiger partial charge < -0.3 is 9.84 Å². The Morgan fingerprint density at radius 3 is 2.71 bits per heavy atom. The zero-order valence-electron chi connectivity index (χ0n) is 8.73. The quantitative estimate of drug-likeness (QED) is 0.914. The monoisotopic (exact) mass is 253 g/mol. The van der Waals surface area contributed by atoms with Crippen LogP contribution in [-0.4, -0.2) is 10.1 Å².